The molecule has 0 aliphatic heterocycles. The smallest absolute Gasteiger partial charge is 0.224 e. The van der Waals surface area contributed by atoms with Gasteiger partial charge in [-0.25, -0.2) is 10.8 Å². The number of rotatable bonds is 4. The van der Waals surface area contributed by atoms with E-state index in [1.54, 1.807) is 16.9 Å². The number of hydrazine groups is 1. The summed E-state index contributed by atoms with van der Waals surface area (Å²) in [6.45, 7) is 8.89. The molecule has 0 atom stereocenters. The molecule has 0 aliphatic carbocycles. The molecule has 0 radical (unpaired) electrons. The number of nitrogens with one attached hydrogen (secondary N) is 1. The van der Waals surface area contributed by atoms with E-state index >= 15 is 0 Å². The van der Waals surface area contributed by atoms with Gasteiger partial charge in [0.1, 0.15) is 11.6 Å². The third-order valence-corrected chi connectivity index (χ3v) is 2.68. The van der Waals surface area contributed by atoms with Gasteiger partial charge in [-0.05, 0) is 6.92 Å². The Morgan fingerprint density at radius 1 is 1.35 bits per heavy atom. The first-order valence-corrected chi connectivity index (χ1v) is 6.49. The van der Waals surface area contributed by atoms with E-state index in [4.69, 9.17) is 10.6 Å². The predicted molar refractivity (Wildman–Crippen MR) is 76.5 cm³/mol. The van der Waals surface area contributed by atoms with Crippen LogP contribution in [0.1, 0.15) is 33.5 Å². The first-order chi connectivity index (χ1) is 9.42. The Labute approximate surface area is 118 Å². The van der Waals surface area contributed by atoms with Crippen LogP contribution in [0, 0.1) is 0 Å². The van der Waals surface area contributed by atoms with Gasteiger partial charge < -0.3 is 10.2 Å². The Hall–Kier alpha value is -2.15. The lowest BCUT2D eigenvalue weighted by Gasteiger charge is -2.18. The number of aryl methyl sites for hydroxylation is 1. The molecule has 2 aromatic heterocycles. The zero-order valence-electron chi connectivity index (χ0n) is 12.2. The van der Waals surface area contributed by atoms with Crippen molar-refractivity contribution in [2.45, 2.75) is 39.7 Å². The summed E-state index contributed by atoms with van der Waals surface area (Å²) in [5.74, 6) is 7.68. The SMILES string of the molecule is CCn1cc(Oc2cc(NN)nc(C(C)(C)C)n2)cn1. The van der Waals surface area contributed by atoms with Crippen LogP contribution in [0.3, 0.4) is 0 Å². The van der Waals surface area contributed by atoms with Crippen LogP contribution in [-0.4, -0.2) is 19.7 Å². The quantitative estimate of drug-likeness (QED) is 0.656. The van der Waals surface area contributed by atoms with Crippen molar-refractivity contribution < 1.29 is 4.74 Å². The average Bonchev–Trinajstić information content (AvgIpc) is 2.85. The highest BCUT2D eigenvalue weighted by Gasteiger charge is 2.19. The molecule has 2 heterocycles. The van der Waals surface area contributed by atoms with E-state index < -0.39 is 0 Å². The normalized spacial score (nSPS) is 11.4. The van der Waals surface area contributed by atoms with Gasteiger partial charge >= 0.3 is 0 Å². The second-order valence-corrected chi connectivity index (χ2v) is 5.44. The molecular formula is C13H20N6O. The Bertz CT molecular complexity index is 587. The molecular weight excluding hydrogens is 256 g/mol. The number of hydrogen-bond acceptors (Lipinski definition) is 6. The van der Waals surface area contributed by atoms with Crippen molar-refractivity contribution in [1.82, 2.24) is 19.7 Å². The van der Waals surface area contributed by atoms with E-state index in [1.807, 2.05) is 33.9 Å². The van der Waals surface area contributed by atoms with Crippen molar-refractivity contribution in [3.05, 3.63) is 24.3 Å². The van der Waals surface area contributed by atoms with Crippen LogP contribution in [0.2, 0.25) is 0 Å². The lowest BCUT2D eigenvalue weighted by atomic mass is 9.96. The summed E-state index contributed by atoms with van der Waals surface area (Å²) in [6.07, 6.45) is 3.46. The van der Waals surface area contributed by atoms with E-state index in [2.05, 4.69) is 20.5 Å². The second kappa shape index (κ2) is 5.46. The van der Waals surface area contributed by atoms with Crippen LogP contribution in [0.5, 0.6) is 11.6 Å². The maximum atomic E-state index is 5.71. The minimum absolute atomic E-state index is 0.196. The van der Waals surface area contributed by atoms with Crippen molar-refractivity contribution in [2.24, 2.45) is 5.84 Å². The van der Waals surface area contributed by atoms with Crippen LogP contribution in [0.4, 0.5) is 5.82 Å². The molecule has 7 nitrogen and oxygen atoms in total. The van der Waals surface area contributed by atoms with E-state index in [-0.39, 0.29) is 5.41 Å². The fraction of sp³-hybridized carbons (Fsp3) is 0.462. The van der Waals surface area contributed by atoms with E-state index in [0.29, 0.717) is 23.3 Å². The van der Waals surface area contributed by atoms with Gasteiger partial charge in [0.05, 0.1) is 12.4 Å². The molecule has 20 heavy (non-hydrogen) atoms. The number of hydrogen-bond donors (Lipinski definition) is 2. The molecule has 0 aromatic carbocycles. The molecule has 0 unspecified atom stereocenters. The van der Waals surface area contributed by atoms with Gasteiger partial charge in [0, 0.05) is 18.0 Å². The molecule has 0 spiro atoms. The van der Waals surface area contributed by atoms with Crippen LogP contribution < -0.4 is 16.0 Å². The molecule has 0 saturated carbocycles. The van der Waals surface area contributed by atoms with Crippen molar-refractivity contribution in [2.75, 3.05) is 5.43 Å². The highest BCUT2D eigenvalue weighted by atomic mass is 16.5. The zero-order valence-corrected chi connectivity index (χ0v) is 12.2. The first kappa shape index (κ1) is 14.3. The largest absolute Gasteiger partial charge is 0.436 e. The standard InChI is InChI=1S/C13H20N6O/c1-5-19-8-9(7-15-19)20-11-6-10(18-14)16-12(17-11)13(2,3)4/h6-8H,5,14H2,1-4H3,(H,16,17,18). The fourth-order valence-electron chi connectivity index (χ4n) is 1.58. The third-order valence-electron chi connectivity index (χ3n) is 2.68. The van der Waals surface area contributed by atoms with Crippen molar-refractivity contribution in [3.63, 3.8) is 0 Å². The van der Waals surface area contributed by atoms with Gasteiger partial charge in [0.15, 0.2) is 5.75 Å². The Morgan fingerprint density at radius 2 is 2.10 bits per heavy atom. The summed E-state index contributed by atoms with van der Waals surface area (Å²) >= 11 is 0. The van der Waals surface area contributed by atoms with Crippen LogP contribution in [-0.2, 0) is 12.0 Å². The maximum Gasteiger partial charge on any atom is 0.224 e. The summed E-state index contributed by atoms with van der Waals surface area (Å²) in [6, 6.07) is 1.65. The monoisotopic (exact) mass is 276 g/mol. The number of nitrogens with zero attached hydrogens (tertiary/aromatic N) is 4. The van der Waals surface area contributed by atoms with E-state index in [9.17, 15) is 0 Å². The number of anilines is 1. The minimum atomic E-state index is -0.196. The predicted octanol–water partition coefficient (Wildman–Crippen LogP) is 2.07. The lowest BCUT2D eigenvalue weighted by Crippen LogP contribution is -2.19. The lowest BCUT2D eigenvalue weighted by molar-refractivity contribution is 0.445. The number of ether oxygens (including phenoxy) is 1. The van der Waals surface area contributed by atoms with E-state index in [0.717, 1.165) is 6.54 Å². The van der Waals surface area contributed by atoms with Gasteiger partial charge in [-0.1, -0.05) is 20.8 Å². The number of aromatic nitrogens is 4. The summed E-state index contributed by atoms with van der Waals surface area (Å²) in [7, 11) is 0. The fourth-order valence-corrected chi connectivity index (χ4v) is 1.58. The molecule has 0 fully saturated rings. The van der Waals surface area contributed by atoms with Gasteiger partial charge in [0.2, 0.25) is 5.88 Å². The van der Waals surface area contributed by atoms with Crippen LogP contribution in [0.15, 0.2) is 18.5 Å². The Balaban J connectivity index is 2.31. The highest BCUT2D eigenvalue weighted by molar-refractivity contribution is 5.39. The zero-order chi connectivity index (χ0) is 14.8. The van der Waals surface area contributed by atoms with Crippen LogP contribution >= 0.6 is 0 Å². The van der Waals surface area contributed by atoms with Crippen LogP contribution in [0.25, 0.3) is 0 Å². The topological polar surface area (TPSA) is 90.9 Å². The number of nitrogens with two attached hydrogens (primary N) is 1. The summed E-state index contributed by atoms with van der Waals surface area (Å²) in [5.41, 5.74) is 2.33. The number of nitrogen functional groups attached to an aromatic ring is 1. The van der Waals surface area contributed by atoms with Gasteiger partial charge in [-0.2, -0.15) is 10.1 Å². The molecule has 3 N–H and O–H groups in total. The molecule has 0 aliphatic rings. The maximum absolute atomic E-state index is 5.71. The van der Waals surface area contributed by atoms with Crippen molar-refractivity contribution >= 4 is 5.82 Å². The molecule has 108 valence electrons. The summed E-state index contributed by atoms with van der Waals surface area (Å²) in [5, 5.41) is 4.15. The molecule has 0 saturated heterocycles. The second-order valence-electron chi connectivity index (χ2n) is 5.44. The van der Waals surface area contributed by atoms with Gasteiger partial charge in [0.25, 0.3) is 0 Å². The van der Waals surface area contributed by atoms with Crippen molar-refractivity contribution in [1.29, 1.82) is 0 Å². The third kappa shape index (κ3) is 3.24. The molecule has 0 amide bonds. The molecule has 2 aromatic rings. The minimum Gasteiger partial charge on any atom is -0.436 e. The molecule has 7 heteroatoms. The molecule has 0 bridgehead atoms. The van der Waals surface area contributed by atoms with Gasteiger partial charge in [-0.3, -0.25) is 4.68 Å². The first-order valence-electron chi connectivity index (χ1n) is 6.49. The average molecular weight is 276 g/mol. The van der Waals surface area contributed by atoms with E-state index in [1.165, 1.54) is 0 Å². The Kier molecular flexibility index (Phi) is 3.89. The van der Waals surface area contributed by atoms with Crippen molar-refractivity contribution in [3.8, 4) is 11.6 Å². The molecule has 2 rings (SSSR count). The summed E-state index contributed by atoms with van der Waals surface area (Å²) in [4.78, 5) is 8.76. The Morgan fingerprint density at radius 3 is 2.65 bits per heavy atom. The highest BCUT2D eigenvalue weighted by Crippen LogP contribution is 2.25. The van der Waals surface area contributed by atoms with Gasteiger partial charge in [-0.15, -0.1) is 0 Å². The summed E-state index contributed by atoms with van der Waals surface area (Å²) < 4.78 is 7.49.